The first-order chi connectivity index (χ1) is 13.3. The highest BCUT2D eigenvalue weighted by atomic mass is 31.2. The van der Waals surface area contributed by atoms with Crippen LogP contribution in [-0.4, -0.2) is 49.4 Å². The van der Waals surface area contributed by atoms with Gasteiger partial charge in [0.1, 0.15) is 24.1 Å². The second-order valence-electron chi connectivity index (χ2n) is 6.45. The molecule has 2 saturated heterocycles. The van der Waals surface area contributed by atoms with Crippen molar-refractivity contribution >= 4 is 13.4 Å². The van der Waals surface area contributed by atoms with Crippen LogP contribution in [0.3, 0.4) is 0 Å². The van der Waals surface area contributed by atoms with Crippen LogP contribution in [0.1, 0.15) is 11.8 Å². The molecule has 1 aromatic carbocycles. The number of nitrogens with two attached hydrogens (primary N) is 1. The molecular weight excluding hydrogens is 393 g/mol. The van der Waals surface area contributed by atoms with Crippen LogP contribution in [-0.2, 0) is 24.3 Å². The number of nitrogens with zero attached hydrogens (tertiary/aromatic N) is 2. The van der Waals surface area contributed by atoms with Crippen LogP contribution in [0.5, 0.6) is 0 Å². The summed E-state index contributed by atoms with van der Waals surface area (Å²) in [5.74, 6) is 0.00643. The summed E-state index contributed by atoms with van der Waals surface area (Å²) in [6, 6.07) is 9.13. The minimum Gasteiger partial charge on any atom is -0.394 e. The van der Waals surface area contributed by atoms with Crippen molar-refractivity contribution in [3.8, 4) is 0 Å². The third-order valence-corrected chi connectivity index (χ3v) is 5.94. The highest BCUT2D eigenvalue weighted by Gasteiger charge is 2.66. The molecule has 0 saturated carbocycles. The van der Waals surface area contributed by atoms with Gasteiger partial charge in [-0.1, -0.05) is 30.3 Å². The van der Waals surface area contributed by atoms with Gasteiger partial charge in [0.25, 0.3) is 0 Å². The Balaban J connectivity index is 1.79. The zero-order valence-electron chi connectivity index (χ0n) is 14.4. The summed E-state index contributed by atoms with van der Waals surface area (Å²) in [6.45, 7) is -0.510. The normalized spacial score (nSPS) is 32.4. The van der Waals surface area contributed by atoms with E-state index in [0.717, 1.165) is 4.57 Å². The number of aromatic nitrogens is 2. The van der Waals surface area contributed by atoms with Crippen LogP contribution in [0.25, 0.3) is 0 Å². The molecule has 4 rings (SSSR count). The number of hydrogen-bond acceptors (Lipinski definition) is 8. The SMILES string of the molecule is Nc1ccn([C@@H]2O[C@H](CO)[C@H]3OC(c4ccccc4)(P(=O)(O)O)O[C@H]32)c(=O)n1. The van der Waals surface area contributed by atoms with E-state index in [1.807, 2.05) is 0 Å². The molecule has 2 aliphatic heterocycles. The molecule has 1 unspecified atom stereocenters. The third kappa shape index (κ3) is 2.88. The van der Waals surface area contributed by atoms with Crippen molar-refractivity contribution in [3.63, 3.8) is 0 Å². The van der Waals surface area contributed by atoms with E-state index in [1.165, 1.54) is 24.4 Å². The zero-order valence-corrected chi connectivity index (χ0v) is 15.3. The van der Waals surface area contributed by atoms with Gasteiger partial charge in [0.2, 0.25) is 0 Å². The number of aliphatic hydroxyl groups excluding tert-OH is 1. The van der Waals surface area contributed by atoms with Gasteiger partial charge >= 0.3 is 18.8 Å². The number of anilines is 1. The maximum atomic E-state index is 12.4. The molecule has 3 heterocycles. The Morgan fingerprint density at radius 1 is 1.18 bits per heavy atom. The largest absolute Gasteiger partial charge is 0.394 e. The Kier molecular flexibility index (Phi) is 4.63. The first-order valence-electron chi connectivity index (χ1n) is 8.34. The van der Waals surface area contributed by atoms with Gasteiger partial charge in [-0.25, -0.2) is 4.79 Å². The first kappa shape index (κ1) is 19.2. The standard InChI is InChI=1S/C16H18N3O8P/c17-11-6-7-19(15(21)18-11)14-13-12(10(8-20)25-14)26-16(27-13,28(22,23)24)9-4-2-1-3-5-9/h1-7,10,12-14,20H,8H2,(H2,17,18,21)(H2,22,23,24)/t10-,12-,13-,14-,16?/m1/s1. The van der Waals surface area contributed by atoms with E-state index in [4.69, 9.17) is 19.9 Å². The van der Waals surface area contributed by atoms with Crippen LogP contribution < -0.4 is 11.4 Å². The summed E-state index contributed by atoms with van der Waals surface area (Å²) in [6.07, 6.45) is -2.90. The molecule has 2 aromatic rings. The maximum absolute atomic E-state index is 12.4. The summed E-state index contributed by atoms with van der Waals surface area (Å²) in [5, 5.41) is 9.66. The quantitative estimate of drug-likeness (QED) is 0.481. The maximum Gasteiger partial charge on any atom is 0.389 e. The predicted octanol–water partition coefficient (Wildman–Crippen LogP) is -0.513. The van der Waals surface area contributed by atoms with Crippen LogP contribution >= 0.6 is 7.60 Å². The van der Waals surface area contributed by atoms with Gasteiger partial charge in [-0.15, -0.1) is 0 Å². The third-order valence-electron chi connectivity index (χ3n) is 4.70. The molecule has 0 bridgehead atoms. The fourth-order valence-electron chi connectivity index (χ4n) is 3.45. The smallest absolute Gasteiger partial charge is 0.389 e. The molecule has 0 aliphatic carbocycles. The van der Waals surface area contributed by atoms with Gasteiger partial charge in [-0.2, -0.15) is 4.98 Å². The van der Waals surface area contributed by atoms with Crippen molar-refractivity contribution in [2.75, 3.05) is 12.3 Å². The summed E-state index contributed by atoms with van der Waals surface area (Å²) in [7, 11) is -5.00. The van der Waals surface area contributed by atoms with E-state index in [-0.39, 0.29) is 11.4 Å². The Bertz CT molecular complexity index is 979. The lowest BCUT2D eigenvalue weighted by atomic mass is 10.1. The minimum absolute atomic E-state index is 0.00643. The zero-order chi connectivity index (χ0) is 20.1. The van der Waals surface area contributed by atoms with Gasteiger partial charge < -0.3 is 34.8 Å². The van der Waals surface area contributed by atoms with Crippen molar-refractivity contribution in [1.82, 2.24) is 9.55 Å². The molecule has 150 valence electrons. The van der Waals surface area contributed by atoms with E-state index >= 15 is 0 Å². The average molecular weight is 411 g/mol. The average Bonchev–Trinajstić information content (AvgIpc) is 3.19. The predicted molar refractivity (Wildman–Crippen MR) is 93.8 cm³/mol. The molecule has 0 spiro atoms. The minimum atomic E-state index is -5.00. The van der Waals surface area contributed by atoms with Crippen LogP contribution in [0.4, 0.5) is 5.82 Å². The van der Waals surface area contributed by atoms with Crippen LogP contribution in [0, 0.1) is 0 Å². The molecule has 1 aromatic heterocycles. The van der Waals surface area contributed by atoms with E-state index in [9.17, 15) is 24.3 Å². The number of nitrogen functional groups attached to an aromatic ring is 1. The second-order valence-corrected chi connectivity index (χ2v) is 8.12. The molecule has 0 radical (unpaired) electrons. The van der Waals surface area contributed by atoms with Gasteiger partial charge in [0, 0.05) is 11.8 Å². The van der Waals surface area contributed by atoms with Crippen molar-refractivity contribution in [2.24, 2.45) is 0 Å². The lowest BCUT2D eigenvalue weighted by Crippen LogP contribution is -2.35. The molecule has 2 fully saturated rings. The number of fused-ring (bicyclic) bond motifs is 1. The lowest BCUT2D eigenvalue weighted by molar-refractivity contribution is -0.189. The fourth-order valence-corrected chi connectivity index (χ4v) is 4.46. The lowest BCUT2D eigenvalue weighted by Gasteiger charge is -2.31. The highest BCUT2D eigenvalue weighted by Crippen LogP contribution is 2.64. The number of rotatable bonds is 4. The van der Waals surface area contributed by atoms with Crippen molar-refractivity contribution < 1.29 is 33.7 Å². The van der Waals surface area contributed by atoms with E-state index in [0.29, 0.717) is 0 Å². The molecule has 11 nitrogen and oxygen atoms in total. The molecule has 2 aliphatic rings. The number of aliphatic hydroxyl groups is 1. The van der Waals surface area contributed by atoms with Crippen molar-refractivity contribution in [2.45, 2.75) is 30.1 Å². The van der Waals surface area contributed by atoms with Gasteiger partial charge in [0.05, 0.1) is 6.61 Å². The van der Waals surface area contributed by atoms with Gasteiger partial charge in [-0.3, -0.25) is 9.13 Å². The first-order valence-corrected chi connectivity index (χ1v) is 9.96. The highest BCUT2D eigenvalue weighted by molar-refractivity contribution is 7.52. The Labute approximate surface area is 158 Å². The molecule has 5 atom stereocenters. The summed E-state index contributed by atoms with van der Waals surface area (Å²) in [5.41, 5.74) is 2.48. The Morgan fingerprint density at radius 3 is 2.46 bits per heavy atom. The number of benzene rings is 1. The number of hydrogen-bond donors (Lipinski definition) is 4. The fraction of sp³-hybridized carbons (Fsp3) is 0.375. The molecule has 5 N–H and O–H groups in total. The van der Waals surface area contributed by atoms with Crippen LogP contribution in [0.15, 0.2) is 47.4 Å². The second kappa shape index (κ2) is 6.75. The summed E-state index contributed by atoms with van der Waals surface area (Å²) >= 11 is 0. The number of ether oxygens (including phenoxy) is 3. The van der Waals surface area contributed by atoms with Crippen molar-refractivity contribution in [3.05, 3.63) is 58.6 Å². The van der Waals surface area contributed by atoms with Crippen LogP contribution in [0.2, 0.25) is 0 Å². The summed E-state index contributed by atoms with van der Waals surface area (Å²) < 4.78 is 30.6. The Hall–Kier alpha value is -2.11. The van der Waals surface area contributed by atoms with E-state index in [1.54, 1.807) is 18.2 Å². The molecule has 0 amide bonds. The van der Waals surface area contributed by atoms with Gasteiger partial charge in [-0.05, 0) is 6.07 Å². The summed E-state index contributed by atoms with van der Waals surface area (Å²) in [4.78, 5) is 35.9. The van der Waals surface area contributed by atoms with Gasteiger partial charge in [0.15, 0.2) is 6.23 Å². The molecule has 12 heteroatoms. The topological polar surface area (TPSA) is 166 Å². The van der Waals surface area contributed by atoms with E-state index < -0.39 is 50.0 Å². The monoisotopic (exact) mass is 411 g/mol. The molecule has 28 heavy (non-hydrogen) atoms. The van der Waals surface area contributed by atoms with Crippen molar-refractivity contribution in [1.29, 1.82) is 0 Å². The Morgan fingerprint density at radius 2 is 1.86 bits per heavy atom. The van der Waals surface area contributed by atoms with E-state index in [2.05, 4.69) is 4.98 Å². The molecular formula is C16H18N3O8P.